The van der Waals surface area contributed by atoms with Gasteiger partial charge in [-0.15, -0.1) is 0 Å². The first-order chi connectivity index (χ1) is 11.6. The van der Waals surface area contributed by atoms with Gasteiger partial charge >= 0.3 is 0 Å². The zero-order valence-corrected chi connectivity index (χ0v) is 14.9. The van der Waals surface area contributed by atoms with Gasteiger partial charge in [0.05, 0.1) is 11.9 Å². The maximum atomic E-state index is 4.74. The third-order valence-electron chi connectivity index (χ3n) is 4.45. The van der Waals surface area contributed by atoms with E-state index in [9.17, 15) is 0 Å². The highest BCUT2D eigenvalue weighted by molar-refractivity contribution is 6.00. The Morgan fingerprint density at radius 2 is 1.79 bits per heavy atom. The second-order valence-electron chi connectivity index (χ2n) is 6.55. The molecule has 24 heavy (non-hydrogen) atoms. The third-order valence-corrected chi connectivity index (χ3v) is 4.45. The molecule has 0 bridgehead atoms. The first-order valence-electron chi connectivity index (χ1n) is 8.45. The van der Waals surface area contributed by atoms with Gasteiger partial charge in [0.15, 0.2) is 0 Å². The number of rotatable bonds is 5. The first-order valence-corrected chi connectivity index (χ1v) is 8.45. The van der Waals surface area contributed by atoms with Crippen molar-refractivity contribution in [3.63, 3.8) is 0 Å². The summed E-state index contributed by atoms with van der Waals surface area (Å²) in [6, 6.07) is 17.2. The number of benzene rings is 2. The Morgan fingerprint density at radius 3 is 2.46 bits per heavy atom. The lowest BCUT2D eigenvalue weighted by atomic mass is 9.99. The largest absolute Gasteiger partial charge is 0.386 e. The highest BCUT2D eigenvalue weighted by Crippen LogP contribution is 2.32. The van der Waals surface area contributed by atoms with Crippen molar-refractivity contribution in [1.29, 1.82) is 0 Å². The fraction of sp³-hybridized carbons (Fsp3) is 0.286. The van der Waals surface area contributed by atoms with E-state index in [1.807, 2.05) is 19.3 Å². The maximum absolute atomic E-state index is 4.74. The van der Waals surface area contributed by atoms with Crippen LogP contribution in [0.1, 0.15) is 30.9 Å². The SMILES string of the molecule is CNc1cnc(N(C)Cc2ccccc2)c2cc(C(C)C)ccc12. The second kappa shape index (κ2) is 6.91. The lowest BCUT2D eigenvalue weighted by Crippen LogP contribution is -2.18. The Kier molecular flexibility index (Phi) is 4.70. The molecular weight excluding hydrogens is 294 g/mol. The first kappa shape index (κ1) is 16.3. The van der Waals surface area contributed by atoms with E-state index in [0.29, 0.717) is 5.92 Å². The van der Waals surface area contributed by atoms with E-state index in [2.05, 4.69) is 73.6 Å². The van der Waals surface area contributed by atoms with Crippen LogP contribution in [0.25, 0.3) is 10.8 Å². The van der Waals surface area contributed by atoms with Gasteiger partial charge in [-0.3, -0.25) is 0 Å². The molecule has 0 atom stereocenters. The molecule has 3 rings (SSSR count). The van der Waals surface area contributed by atoms with E-state index in [0.717, 1.165) is 18.1 Å². The van der Waals surface area contributed by atoms with E-state index in [-0.39, 0.29) is 0 Å². The Labute approximate surface area is 144 Å². The normalized spacial score (nSPS) is 11.0. The molecule has 2 aromatic carbocycles. The number of fused-ring (bicyclic) bond motifs is 1. The van der Waals surface area contributed by atoms with E-state index in [1.54, 1.807) is 0 Å². The van der Waals surface area contributed by atoms with Crippen LogP contribution < -0.4 is 10.2 Å². The highest BCUT2D eigenvalue weighted by Gasteiger charge is 2.13. The van der Waals surface area contributed by atoms with Crippen LogP contribution in [0, 0.1) is 0 Å². The zero-order chi connectivity index (χ0) is 17.1. The minimum Gasteiger partial charge on any atom is -0.386 e. The summed E-state index contributed by atoms with van der Waals surface area (Å²) >= 11 is 0. The van der Waals surface area contributed by atoms with Crippen molar-refractivity contribution in [3.8, 4) is 0 Å². The quantitative estimate of drug-likeness (QED) is 0.714. The van der Waals surface area contributed by atoms with Crippen molar-refractivity contribution < 1.29 is 0 Å². The molecule has 0 radical (unpaired) electrons. The molecule has 0 fully saturated rings. The topological polar surface area (TPSA) is 28.2 Å². The monoisotopic (exact) mass is 319 g/mol. The lowest BCUT2D eigenvalue weighted by Gasteiger charge is -2.22. The summed E-state index contributed by atoms with van der Waals surface area (Å²) in [5, 5.41) is 5.67. The number of aromatic nitrogens is 1. The fourth-order valence-electron chi connectivity index (χ4n) is 3.04. The third kappa shape index (κ3) is 3.21. The van der Waals surface area contributed by atoms with Crippen molar-refractivity contribution in [2.45, 2.75) is 26.3 Å². The smallest absolute Gasteiger partial charge is 0.136 e. The fourth-order valence-corrected chi connectivity index (χ4v) is 3.04. The van der Waals surface area contributed by atoms with Crippen LogP contribution in [0.5, 0.6) is 0 Å². The molecule has 0 saturated heterocycles. The average Bonchev–Trinajstić information content (AvgIpc) is 2.61. The molecule has 0 aliphatic carbocycles. The lowest BCUT2D eigenvalue weighted by molar-refractivity contribution is 0.867. The summed E-state index contributed by atoms with van der Waals surface area (Å²) in [4.78, 5) is 6.96. The molecular formula is C21H25N3. The van der Waals surface area contributed by atoms with Crippen molar-refractivity contribution in [1.82, 2.24) is 4.98 Å². The van der Waals surface area contributed by atoms with Crippen LogP contribution in [-0.4, -0.2) is 19.1 Å². The summed E-state index contributed by atoms with van der Waals surface area (Å²) < 4.78 is 0. The molecule has 0 aliphatic rings. The minimum absolute atomic E-state index is 0.500. The van der Waals surface area contributed by atoms with Crippen molar-refractivity contribution in [2.24, 2.45) is 0 Å². The highest BCUT2D eigenvalue weighted by atomic mass is 15.2. The summed E-state index contributed by atoms with van der Waals surface area (Å²) in [7, 11) is 4.05. The van der Waals surface area contributed by atoms with Gasteiger partial charge < -0.3 is 10.2 Å². The second-order valence-corrected chi connectivity index (χ2v) is 6.55. The van der Waals surface area contributed by atoms with E-state index in [1.165, 1.54) is 21.9 Å². The summed E-state index contributed by atoms with van der Waals surface area (Å²) in [5.41, 5.74) is 3.69. The molecule has 3 heteroatoms. The molecule has 0 amide bonds. The standard InChI is InChI=1S/C21H25N3/c1-15(2)17-10-11-18-19(12-17)21(23-13-20(18)22-3)24(4)14-16-8-6-5-7-9-16/h5-13,15,22H,14H2,1-4H3. The van der Waals surface area contributed by atoms with Gasteiger partial charge in [0.25, 0.3) is 0 Å². The number of nitrogens with zero attached hydrogens (tertiary/aromatic N) is 2. The van der Waals surface area contributed by atoms with Crippen LogP contribution in [0.3, 0.4) is 0 Å². The zero-order valence-electron chi connectivity index (χ0n) is 14.9. The van der Waals surface area contributed by atoms with Crippen LogP contribution in [0.15, 0.2) is 54.7 Å². The van der Waals surface area contributed by atoms with Gasteiger partial charge in [-0.05, 0) is 23.1 Å². The molecule has 124 valence electrons. The minimum atomic E-state index is 0.500. The van der Waals surface area contributed by atoms with Gasteiger partial charge in [0.1, 0.15) is 5.82 Å². The molecule has 0 unspecified atom stereocenters. The number of hydrogen-bond acceptors (Lipinski definition) is 3. The van der Waals surface area contributed by atoms with Gasteiger partial charge in [0, 0.05) is 31.4 Å². The average molecular weight is 319 g/mol. The number of hydrogen-bond donors (Lipinski definition) is 1. The number of anilines is 2. The van der Waals surface area contributed by atoms with Crippen LogP contribution in [0.2, 0.25) is 0 Å². The van der Waals surface area contributed by atoms with Crippen molar-refractivity contribution >= 4 is 22.3 Å². The maximum Gasteiger partial charge on any atom is 0.136 e. The Balaban J connectivity index is 2.07. The molecule has 3 nitrogen and oxygen atoms in total. The Bertz CT molecular complexity index is 825. The van der Waals surface area contributed by atoms with E-state index >= 15 is 0 Å². The molecule has 0 saturated carbocycles. The molecule has 1 heterocycles. The molecule has 0 spiro atoms. The number of nitrogens with one attached hydrogen (secondary N) is 1. The molecule has 1 N–H and O–H groups in total. The molecule has 0 aliphatic heterocycles. The van der Waals surface area contributed by atoms with Crippen molar-refractivity contribution in [3.05, 3.63) is 65.9 Å². The summed E-state index contributed by atoms with van der Waals surface area (Å²) in [6.45, 7) is 5.29. The summed E-state index contributed by atoms with van der Waals surface area (Å²) in [5.74, 6) is 1.52. The Hall–Kier alpha value is -2.55. The Morgan fingerprint density at radius 1 is 1.04 bits per heavy atom. The molecule has 1 aromatic heterocycles. The molecule has 3 aromatic rings. The van der Waals surface area contributed by atoms with E-state index < -0.39 is 0 Å². The van der Waals surface area contributed by atoms with Gasteiger partial charge in [-0.25, -0.2) is 4.98 Å². The predicted octanol–water partition coefficient (Wildman–Crippen LogP) is 5.04. The summed E-state index contributed by atoms with van der Waals surface area (Å²) in [6.07, 6.45) is 1.92. The predicted molar refractivity (Wildman–Crippen MR) is 104 cm³/mol. The van der Waals surface area contributed by atoms with Gasteiger partial charge in [-0.2, -0.15) is 0 Å². The van der Waals surface area contributed by atoms with Crippen LogP contribution in [0.4, 0.5) is 11.5 Å². The van der Waals surface area contributed by atoms with Crippen LogP contribution >= 0.6 is 0 Å². The van der Waals surface area contributed by atoms with Gasteiger partial charge in [-0.1, -0.05) is 56.3 Å². The van der Waals surface area contributed by atoms with Crippen molar-refractivity contribution in [2.75, 3.05) is 24.3 Å². The van der Waals surface area contributed by atoms with E-state index in [4.69, 9.17) is 4.98 Å². The number of pyridine rings is 1. The van der Waals surface area contributed by atoms with Crippen LogP contribution in [-0.2, 0) is 6.54 Å². The van der Waals surface area contributed by atoms with Gasteiger partial charge in [0.2, 0.25) is 0 Å².